The molecule has 0 radical (unpaired) electrons. The van der Waals surface area contributed by atoms with Gasteiger partial charge in [-0.15, -0.1) is 0 Å². The standard InChI is InChI=1S/C20H26BrNO3S/c21-20-11-15-8-16(12-20)10-19(9-15,14-20)13-18(23)22-6-7-26(24,25)17-4-2-1-3-5-17/h1-5,15-16H,6-14H2,(H,22,23)/t15-,16-,19?,20?/m1/s1. The summed E-state index contributed by atoms with van der Waals surface area (Å²) < 4.78 is 24.9. The van der Waals surface area contributed by atoms with Gasteiger partial charge in [0, 0.05) is 17.3 Å². The SMILES string of the molecule is O=C(CC12C[C@H]3C[C@@H](CC(Br)(C3)C1)C2)NCCS(=O)(=O)c1ccccc1. The fraction of sp³-hybridized carbons (Fsp3) is 0.650. The Morgan fingerprint density at radius 3 is 2.38 bits per heavy atom. The lowest BCUT2D eigenvalue weighted by molar-refractivity contribution is -0.128. The number of carbonyl (C=O) groups is 1. The zero-order chi connectivity index (χ0) is 18.4. The Hall–Kier alpha value is -0.880. The fourth-order valence-electron chi connectivity index (χ4n) is 6.02. The molecule has 5 rings (SSSR count). The molecule has 0 saturated heterocycles. The molecule has 4 aliphatic carbocycles. The highest BCUT2D eigenvalue weighted by Crippen LogP contribution is 2.65. The van der Waals surface area contributed by atoms with Crippen LogP contribution in [0, 0.1) is 17.3 Å². The first kappa shape index (κ1) is 18.5. The second-order valence-electron chi connectivity index (χ2n) is 8.77. The molecule has 4 fully saturated rings. The summed E-state index contributed by atoms with van der Waals surface area (Å²) in [6, 6.07) is 8.43. The van der Waals surface area contributed by atoms with E-state index in [4.69, 9.17) is 0 Å². The van der Waals surface area contributed by atoms with Crippen LogP contribution in [0.25, 0.3) is 0 Å². The zero-order valence-corrected chi connectivity index (χ0v) is 17.3. The molecule has 142 valence electrons. The van der Waals surface area contributed by atoms with Crippen LogP contribution in [0.4, 0.5) is 0 Å². The Balaban J connectivity index is 1.32. The molecule has 0 unspecified atom stereocenters. The first-order valence-electron chi connectivity index (χ1n) is 9.51. The third-order valence-electron chi connectivity index (χ3n) is 6.44. The summed E-state index contributed by atoms with van der Waals surface area (Å²) in [5.41, 5.74) is 0.121. The third kappa shape index (κ3) is 3.72. The Labute approximate surface area is 164 Å². The average molecular weight is 440 g/mol. The van der Waals surface area contributed by atoms with Crippen LogP contribution in [0.1, 0.15) is 44.9 Å². The van der Waals surface area contributed by atoms with Crippen molar-refractivity contribution in [3.63, 3.8) is 0 Å². The summed E-state index contributed by atoms with van der Waals surface area (Å²) in [4.78, 5) is 12.8. The van der Waals surface area contributed by atoms with E-state index in [1.807, 2.05) is 0 Å². The molecule has 1 amide bonds. The average Bonchev–Trinajstić information content (AvgIpc) is 2.52. The Bertz CT molecular complexity index is 779. The second-order valence-corrected chi connectivity index (χ2v) is 12.6. The van der Waals surface area contributed by atoms with Crippen molar-refractivity contribution in [2.24, 2.45) is 17.3 Å². The van der Waals surface area contributed by atoms with E-state index in [1.54, 1.807) is 30.3 Å². The van der Waals surface area contributed by atoms with Crippen molar-refractivity contribution >= 4 is 31.7 Å². The molecule has 1 N–H and O–H groups in total. The van der Waals surface area contributed by atoms with Gasteiger partial charge in [0.1, 0.15) is 0 Å². The van der Waals surface area contributed by atoms with Crippen molar-refractivity contribution in [2.75, 3.05) is 12.3 Å². The first-order valence-corrected chi connectivity index (χ1v) is 12.0. The van der Waals surface area contributed by atoms with E-state index < -0.39 is 9.84 Å². The third-order valence-corrected chi connectivity index (χ3v) is 9.10. The van der Waals surface area contributed by atoms with Crippen LogP contribution < -0.4 is 5.32 Å². The van der Waals surface area contributed by atoms with Crippen molar-refractivity contribution in [3.8, 4) is 0 Å². The van der Waals surface area contributed by atoms with Gasteiger partial charge in [0.15, 0.2) is 9.84 Å². The molecule has 0 aromatic heterocycles. The lowest BCUT2D eigenvalue weighted by Crippen LogP contribution is -2.54. The van der Waals surface area contributed by atoms with Gasteiger partial charge in [-0.1, -0.05) is 34.1 Å². The van der Waals surface area contributed by atoms with Crippen molar-refractivity contribution < 1.29 is 13.2 Å². The number of amides is 1. The summed E-state index contributed by atoms with van der Waals surface area (Å²) >= 11 is 3.98. The maximum Gasteiger partial charge on any atom is 0.220 e. The van der Waals surface area contributed by atoms with Crippen molar-refractivity contribution in [2.45, 2.75) is 54.2 Å². The Kier molecular flexibility index (Phi) is 4.71. The Morgan fingerprint density at radius 1 is 1.12 bits per heavy atom. The van der Waals surface area contributed by atoms with Crippen LogP contribution in [0.2, 0.25) is 0 Å². The molecule has 1 aromatic rings. The maximum absolute atomic E-state index is 12.5. The topological polar surface area (TPSA) is 63.2 Å². The summed E-state index contributed by atoms with van der Waals surface area (Å²) in [5, 5.41) is 2.86. The van der Waals surface area contributed by atoms with Gasteiger partial charge in [0.2, 0.25) is 5.91 Å². The van der Waals surface area contributed by atoms with E-state index in [0.29, 0.717) is 11.3 Å². The van der Waals surface area contributed by atoms with Crippen LogP contribution in [0.5, 0.6) is 0 Å². The van der Waals surface area contributed by atoms with Gasteiger partial charge in [-0.25, -0.2) is 8.42 Å². The van der Waals surface area contributed by atoms with Crippen LogP contribution in [-0.4, -0.2) is 30.9 Å². The first-order chi connectivity index (χ1) is 12.3. The van der Waals surface area contributed by atoms with Gasteiger partial charge < -0.3 is 5.32 Å². The highest BCUT2D eigenvalue weighted by atomic mass is 79.9. The number of halogens is 1. The number of sulfone groups is 1. The molecule has 0 heterocycles. The van der Waals surface area contributed by atoms with Gasteiger partial charge in [0.05, 0.1) is 10.6 Å². The zero-order valence-electron chi connectivity index (χ0n) is 14.9. The van der Waals surface area contributed by atoms with Crippen LogP contribution >= 0.6 is 15.9 Å². The number of hydrogen-bond donors (Lipinski definition) is 1. The molecule has 0 spiro atoms. The Morgan fingerprint density at radius 2 is 1.77 bits per heavy atom. The minimum Gasteiger partial charge on any atom is -0.355 e. The quantitative estimate of drug-likeness (QED) is 0.687. The minimum absolute atomic E-state index is 0.00584. The van der Waals surface area contributed by atoms with E-state index in [-0.39, 0.29) is 27.9 Å². The van der Waals surface area contributed by atoms with E-state index in [1.165, 1.54) is 19.3 Å². The van der Waals surface area contributed by atoms with Gasteiger partial charge in [-0.2, -0.15) is 0 Å². The highest BCUT2D eigenvalue weighted by Gasteiger charge is 2.57. The van der Waals surface area contributed by atoms with E-state index >= 15 is 0 Å². The van der Waals surface area contributed by atoms with Crippen molar-refractivity contribution in [3.05, 3.63) is 30.3 Å². The molecule has 4 aliphatic rings. The number of benzene rings is 1. The molecular formula is C20H26BrNO3S. The monoisotopic (exact) mass is 439 g/mol. The van der Waals surface area contributed by atoms with Gasteiger partial charge in [-0.3, -0.25) is 4.79 Å². The molecule has 4 nitrogen and oxygen atoms in total. The summed E-state index contributed by atoms with van der Waals surface area (Å²) in [7, 11) is -3.34. The molecule has 6 heteroatoms. The number of alkyl halides is 1. The number of hydrogen-bond acceptors (Lipinski definition) is 3. The number of carbonyl (C=O) groups excluding carboxylic acids is 1. The van der Waals surface area contributed by atoms with Gasteiger partial charge in [0.25, 0.3) is 0 Å². The number of nitrogens with one attached hydrogen (secondary N) is 1. The van der Waals surface area contributed by atoms with E-state index in [0.717, 1.165) is 31.1 Å². The lowest BCUT2D eigenvalue weighted by atomic mass is 9.48. The fourth-order valence-corrected chi connectivity index (χ4v) is 8.71. The summed E-state index contributed by atoms with van der Waals surface area (Å²) in [5.74, 6) is 1.46. The number of rotatable bonds is 6. The normalized spacial score (nSPS) is 35.4. The van der Waals surface area contributed by atoms with Gasteiger partial charge >= 0.3 is 0 Å². The van der Waals surface area contributed by atoms with Gasteiger partial charge in [-0.05, 0) is 67.9 Å². The molecule has 1 aromatic carbocycles. The molecule has 26 heavy (non-hydrogen) atoms. The largest absolute Gasteiger partial charge is 0.355 e. The van der Waals surface area contributed by atoms with E-state index in [9.17, 15) is 13.2 Å². The lowest BCUT2D eigenvalue weighted by Gasteiger charge is -2.60. The van der Waals surface area contributed by atoms with Crippen molar-refractivity contribution in [1.29, 1.82) is 0 Å². The smallest absolute Gasteiger partial charge is 0.220 e. The van der Waals surface area contributed by atoms with Crippen LogP contribution in [0.15, 0.2) is 35.2 Å². The molecule has 4 saturated carbocycles. The molecule has 0 aliphatic heterocycles. The van der Waals surface area contributed by atoms with Crippen LogP contribution in [-0.2, 0) is 14.6 Å². The predicted molar refractivity (Wildman–Crippen MR) is 105 cm³/mol. The molecule has 4 bridgehead atoms. The van der Waals surface area contributed by atoms with Crippen LogP contribution in [0.3, 0.4) is 0 Å². The maximum atomic E-state index is 12.5. The highest BCUT2D eigenvalue weighted by molar-refractivity contribution is 9.10. The molecular weight excluding hydrogens is 414 g/mol. The summed E-state index contributed by atoms with van der Waals surface area (Å²) in [6.45, 7) is 0.179. The predicted octanol–water partition coefficient (Wildman–Crippen LogP) is 3.70. The summed E-state index contributed by atoms with van der Waals surface area (Å²) in [6.07, 6.45) is 7.77. The second kappa shape index (κ2) is 6.62. The van der Waals surface area contributed by atoms with Crippen molar-refractivity contribution in [1.82, 2.24) is 5.32 Å². The minimum atomic E-state index is -3.34. The van der Waals surface area contributed by atoms with E-state index in [2.05, 4.69) is 21.2 Å². The molecule has 2 atom stereocenters.